The quantitative estimate of drug-likeness (QED) is 0.318. The molecular weight excluding hydrogens is 420 g/mol. The highest BCUT2D eigenvalue weighted by Gasteiger charge is 2.13. The zero-order chi connectivity index (χ0) is 22.1. The van der Waals surface area contributed by atoms with Gasteiger partial charge in [-0.3, -0.25) is 25.5 Å². The van der Waals surface area contributed by atoms with Crippen LogP contribution in [0.1, 0.15) is 11.3 Å². The zero-order valence-electron chi connectivity index (χ0n) is 16.8. The van der Waals surface area contributed by atoms with Gasteiger partial charge in [-0.2, -0.15) is 5.10 Å². The summed E-state index contributed by atoms with van der Waals surface area (Å²) in [7, 11) is 1.82. The van der Waals surface area contributed by atoms with Gasteiger partial charge in [0.1, 0.15) is 16.6 Å². The SMILES string of the molecule is Cc1cc(NNC(=O)Nc2csc(-c3ccc([N+](=O)[O-])cc3)n2)nc2c1c(C)nn2C. The molecule has 3 heterocycles. The van der Waals surface area contributed by atoms with Gasteiger partial charge in [-0.15, -0.1) is 11.3 Å². The molecule has 0 aliphatic rings. The second-order valence-corrected chi connectivity index (χ2v) is 7.64. The van der Waals surface area contributed by atoms with Crippen molar-refractivity contribution in [3.05, 3.63) is 57.1 Å². The second kappa shape index (κ2) is 7.99. The largest absolute Gasteiger partial charge is 0.339 e. The van der Waals surface area contributed by atoms with Crippen molar-refractivity contribution in [3.8, 4) is 10.6 Å². The molecule has 0 saturated heterocycles. The Hall–Kier alpha value is -4.06. The van der Waals surface area contributed by atoms with Crippen LogP contribution in [0, 0.1) is 24.0 Å². The first kappa shape index (κ1) is 20.2. The number of hydrogen-bond donors (Lipinski definition) is 3. The number of carbonyl (C=O) groups excluding carboxylic acids is 1. The Kier molecular flexibility index (Phi) is 5.21. The first-order valence-corrected chi connectivity index (χ1v) is 10.0. The summed E-state index contributed by atoms with van der Waals surface area (Å²) in [5, 5.41) is 21.1. The number of aryl methyl sites for hydroxylation is 3. The maximum absolute atomic E-state index is 12.2. The van der Waals surface area contributed by atoms with Crippen LogP contribution in [0.4, 0.5) is 22.1 Å². The van der Waals surface area contributed by atoms with Crippen LogP contribution < -0.4 is 16.2 Å². The molecule has 0 aliphatic carbocycles. The van der Waals surface area contributed by atoms with Crippen LogP contribution in [0.3, 0.4) is 0 Å². The number of aromatic nitrogens is 4. The number of fused-ring (bicyclic) bond motifs is 1. The van der Waals surface area contributed by atoms with Crippen LogP contribution in [0.2, 0.25) is 0 Å². The van der Waals surface area contributed by atoms with Crippen molar-refractivity contribution in [2.75, 3.05) is 10.7 Å². The summed E-state index contributed by atoms with van der Waals surface area (Å²) in [6.07, 6.45) is 0. The topological polar surface area (TPSA) is 140 Å². The molecule has 0 aliphatic heterocycles. The van der Waals surface area contributed by atoms with Gasteiger partial charge >= 0.3 is 6.03 Å². The van der Waals surface area contributed by atoms with E-state index < -0.39 is 11.0 Å². The molecule has 12 heteroatoms. The minimum Gasteiger partial charge on any atom is -0.290 e. The summed E-state index contributed by atoms with van der Waals surface area (Å²) in [6.45, 7) is 3.88. The van der Waals surface area contributed by atoms with E-state index in [1.54, 1.807) is 22.2 Å². The van der Waals surface area contributed by atoms with Gasteiger partial charge in [-0.25, -0.2) is 20.2 Å². The zero-order valence-corrected chi connectivity index (χ0v) is 17.6. The van der Waals surface area contributed by atoms with E-state index in [1.807, 2.05) is 27.0 Å². The molecule has 0 atom stereocenters. The molecule has 0 radical (unpaired) electrons. The van der Waals surface area contributed by atoms with Crippen LogP contribution in [0.5, 0.6) is 0 Å². The minimum atomic E-state index is -0.513. The monoisotopic (exact) mass is 438 g/mol. The highest BCUT2D eigenvalue weighted by atomic mass is 32.1. The van der Waals surface area contributed by atoms with Gasteiger partial charge < -0.3 is 0 Å². The Labute approximate surface area is 180 Å². The summed E-state index contributed by atoms with van der Waals surface area (Å²) < 4.78 is 1.69. The number of benzene rings is 1. The number of pyridine rings is 1. The number of non-ortho nitro benzene ring substituents is 1. The molecule has 3 aromatic heterocycles. The van der Waals surface area contributed by atoms with Crippen LogP contribution in [-0.4, -0.2) is 30.7 Å². The molecule has 4 rings (SSSR count). The van der Waals surface area contributed by atoms with E-state index in [-0.39, 0.29) is 5.69 Å². The van der Waals surface area contributed by atoms with Crippen molar-refractivity contribution in [1.29, 1.82) is 0 Å². The number of urea groups is 1. The first-order valence-electron chi connectivity index (χ1n) is 9.16. The normalized spacial score (nSPS) is 10.8. The van der Waals surface area contributed by atoms with E-state index in [0.29, 0.717) is 16.6 Å². The molecule has 4 aromatic rings. The number of nitro benzene ring substituents is 1. The number of hydrogen-bond acceptors (Lipinski definition) is 8. The number of anilines is 2. The lowest BCUT2D eigenvalue weighted by Crippen LogP contribution is -2.34. The van der Waals surface area contributed by atoms with Gasteiger partial charge in [0.15, 0.2) is 5.65 Å². The average molecular weight is 438 g/mol. The van der Waals surface area contributed by atoms with E-state index in [4.69, 9.17) is 0 Å². The number of thiazole rings is 1. The van der Waals surface area contributed by atoms with Gasteiger partial charge in [-0.05, 0) is 37.6 Å². The molecule has 0 spiro atoms. The molecule has 0 saturated carbocycles. The Bertz CT molecular complexity index is 1300. The van der Waals surface area contributed by atoms with Crippen LogP contribution in [0.25, 0.3) is 21.6 Å². The smallest absolute Gasteiger partial charge is 0.290 e. The van der Waals surface area contributed by atoms with Crippen molar-refractivity contribution < 1.29 is 9.72 Å². The molecule has 1 aromatic carbocycles. The third-order valence-corrected chi connectivity index (χ3v) is 5.43. The van der Waals surface area contributed by atoms with Crippen molar-refractivity contribution >= 4 is 45.7 Å². The predicted octanol–water partition coefficient (Wildman–Crippen LogP) is 3.77. The number of hydrazine groups is 1. The lowest BCUT2D eigenvalue weighted by Gasteiger charge is -2.09. The summed E-state index contributed by atoms with van der Waals surface area (Å²) in [5.74, 6) is 0.840. The number of carbonyl (C=O) groups is 1. The molecule has 11 nitrogen and oxygen atoms in total. The van der Waals surface area contributed by atoms with Gasteiger partial charge in [0, 0.05) is 35.5 Å². The first-order chi connectivity index (χ1) is 14.8. The fourth-order valence-corrected chi connectivity index (χ4v) is 3.94. The molecule has 0 bridgehead atoms. The van der Waals surface area contributed by atoms with E-state index in [9.17, 15) is 14.9 Å². The minimum absolute atomic E-state index is 0.00687. The average Bonchev–Trinajstić information content (AvgIpc) is 3.31. The maximum atomic E-state index is 12.2. The number of amides is 2. The van der Waals surface area contributed by atoms with E-state index in [1.165, 1.54) is 23.5 Å². The van der Waals surface area contributed by atoms with E-state index >= 15 is 0 Å². The van der Waals surface area contributed by atoms with Gasteiger partial charge in [-0.1, -0.05) is 0 Å². The van der Waals surface area contributed by atoms with E-state index in [2.05, 4.69) is 31.2 Å². The number of nitrogens with zero attached hydrogens (tertiary/aromatic N) is 5. The molecule has 158 valence electrons. The van der Waals surface area contributed by atoms with Gasteiger partial charge in [0.05, 0.1) is 10.6 Å². The second-order valence-electron chi connectivity index (χ2n) is 6.78. The molecule has 0 unspecified atom stereocenters. The Balaban J connectivity index is 1.40. The van der Waals surface area contributed by atoms with Crippen molar-refractivity contribution in [1.82, 2.24) is 25.2 Å². The predicted molar refractivity (Wildman–Crippen MR) is 118 cm³/mol. The summed E-state index contributed by atoms with van der Waals surface area (Å²) >= 11 is 1.31. The molecule has 2 amide bonds. The Morgan fingerprint density at radius 2 is 1.90 bits per heavy atom. The van der Waals surface area contributed by atoms with Crippen LogP contribution in [0.15, 0.2) is 35.7 Å². The highest BCUT2D eigenvalue weighted by Crippen LogP contribution is 2.27. The standard InChI is InChI=1S/C19H18N8O3S/c1-10-8-14(20-17-16(10)11(2)25-26(17)3)23-24-19(28)22-15-9-31-18(21-15)12-4-6-13(7-5-12)27(29)30/h4-9H,1-3H3,(H,20,23)(H2,22,24,28). The fraction of sp³-hybridized carbons (Fsp3) is 0.158. The Morgan fingerprint density at radius 1 is 1.16 bits per heavy atom. The lowest BCUT2D eigenvalue weighted by atomic mass is 10.1. The molecule has 3 N–H and O–H groups in total. The van der Waals surface area contributed by atoms with Crippen LogP contribution in [-0.2, 0) is 7.05 Å². The third-order valence-electron chi connectivity index (χ3n) is 4.54. The van der Waals surface area contributed by atoms with Gasteiger partial charge in [0.2, 0.25) is 0 Å². The summed E-state index contributed by atoms with van der Waals surface area (Å²) in [6, 6.07) is 7.37. The summed E-state index contributed by atoms with van der Waals surface area (Å²) in [5.41, 5.74) is 8.66. The van der Waals surface area contributed by atoms with Crippen LogP contribution >= 0.6 is 11.3 Å². The summed E-state index contributed by atoms with van der Waals surface area (Å²) in [4.78, 5) is 31.4. The number of nitrogens with one attached hydrogen (secondary N) is 3. The highest BCUT2D eigenvalue weighted by molar-refractivity contribution is 7.13. The van der Waals surface area contributed by atoms with Crippen molar-refractivity contribution in [2.24, 2.45) is 7.05 Å². The van der Waals surface area contributed by atoms with Gasteiger partial charge in [0.25, 0.3) is 5.69 Å². The number of rotatable bonds is 5. The molecular formula is C19H18N8O3S. The van der Waals surface area contributed by atoms with Crippen molar-refractivity contribution in [2.45, 2.75) is 13.8 Å². The fourth-order valence-electron chi connectivity index (χ4n) is 3.18. The van der Waals surface area contributed by atoms with Crippen molar-refractivity contribution in [3.63, 3.8) is 0 Å². The third kappa shape index (κ3) is 4.14. The lowest BCUT2D eigenvalue weighted by molar-refractivity contribution is -0.384. The molecule has 0 fully saturated rings. The number of nitro groups is 1. The van der Waals surface area contributed by atoms with E-state index in [0.717, 1.165) is 27.9 Å². The Morgan fingerprint density at radius 3 is 2.61 bits per heavy atom. The molecule has 31 heavy (non-hydrogen) atoms. The maximum Gasteiger partial charge on any atom is 0.339 e.